The molecule has 0 radical (unpaired) electrons. The number of carbonyl (C=O) groups excluding carboxylic acids is 1. The Labute approximate surface area is 130 Å². The molecule has 0 aliphatic carbocycles. The first-order valence-corrected chi connectivity index (χ1v) is 8.10. The van der Waals surface area contributed by atoms with Crippen molar-refractivity contribution in [1.29, 1.82) is 0 Å². The van der Waals surface area contributed by atoms with Crippen molar-refractivity contribution in [1.82, 2.24) is 10.2 Å². The summed E-state index contributed by atoms with van der Waals surface area (Å²) in [5.74, 6) is 0.0769. The van der Waals surface area contributed by atoms with Crippen molar-refractivity contribution >= 4 is 17.2 Å². The summed E-state index contributed by atoms with van der Waals surface area (Å²) < 4.78 is 0. The molecule has 3 nitrogen and oxygen atoms in total. The lowest BCUT2D eigenvalue weighted by Gasteiger charge is -2.25. The van der Waals surface area contributed by atoms with Crippen LogP contribution >= 0.6 is 11.3 Å². The van der Waals surface area contributed by atoms with Crippen molar-refractivity contribution in [3.05, 3.63) is 58.3 Å². The highest BCUT2D eigenvalue weighted by atomic mass is 32.1. The van der Waals surface area contributed by atoms with Crippen LogP contribution in [0.25, 0.3) is 0 Å². The predicted octanol–water partition coefficient (Wildman–Crippen LogP) is 3.27. The Hall–Kier alpha value is -1.65. The van der Waals surface area contributed by atoms with Gasteiger partial charge in [0.25, 0.3) is 0 Å². The molecule has 0 bridgehead atoms. The Morgan fingerprint density at radius 3 is 2.57 bits per heavy atom. The van der Waals surface area contributed by atoms with Crippen LogP contribution in [0.3, 0.4) is 0 Å². The third-order valence-electron chi connectivity index (χ3n) is 3.35. The first-order chi connectivity index (χ1) is 10.1. The molecule has 2 aromatic rings. The number of benzene rings is 1. The molecule has 0 saturated heterocycles. The van der Waals surface area contributed by atoms with Gasteiger partial charge in [0.1, 0.15) is 0 Å². The van der Waals surface area contributed by atoms with Gasteiger partial charge in [-0.2, -0.15) is 0 Å². The minimum absolute atomic E-state index is 0.0769. The van der Waals surface area contributed by atoms with Gasteiger partial charge >= 0.3 is 0 Å². The number of thiophene rings is 1. The van der Waals surface area contributed by atoms with Crippen molar-refractivity contribution in [3.63, 3.8) is 0 Å². The maximum Gasteiger partial charge on any atom is 0.234 e. The second kappa shape index (κ2) is 7.96. The average molecular weight is 302 g/mol. The molecule has 1 aromatic heterocycles. The summed E-state index contributed by atoms with van der Waals surface area (Å²) in [6, 6.07) is 14.6. The van der Waals surface area contributed by atoms with E-state index >= 15 is 0 Å². The predicted molar refractivity (Wildman–Crippen MR) is 88.2 cm³/mol. The van der Waals surface area contributed by atoms with Crippen LogP contribution in [0, 0.1) is 0 Å². The van der Waals surface area contributed by atoms with Crippen molar-refractivity contribution in [2.75, 3.05) is 6.54 Å². The summed E-state index contributed by atoms with van der Waals surface area (Å²) >= 11 is 1.66. The summed E-state index contributed by atoms with van der Waals surface area (Å²) in [4.78, 5) is 15.5. The molecule has 0 fully saturated rings. The fourth-order valence-corrected chi connectivity index (χ4v) is 2.72. The SMILES string of the molecule is CC(C)N(CC(=O)NCc1cccs1)Cc1ccccc1. The average Bonchev–Trinajstić information content (AvgIpc) is 2.99. The molecule has 1 aromatic carbocycles. The molecule has 0 unspecified atom stereocenters. The van der Waals surface area contributed by atoms with E-state index in [0.29, 0.717) is 19.1 Å². The van der Waals surface area contributed by atoms with Gasteiger partial charge in [0.05, 0.1) is 13.1 Å². The first kappa shape index (κ1) is 15.7. The van der Waals surface area contributed by atoms with Crippen LogP contribution in [0.15, 0.2) is 47.8 Å². The largest absolute Gasteiger partial charge is 0.350 e. The molecule has 21 heavy (non-hydrogen) atoms. The van der Waals surface area contributed by atoms with E-state index in [4.69, 9.17) is 0 Å². The quantitative estimate of drug-likeness (QED) is 0.851. The van der Waals surface area contributed by atoms with E-state index < -0.39 is 0 Å². The lowest BCUT2D eigenvalue weighted by atomic mass is 10.2. The molecule has 112 valence electrons. The summed E-state index contributed by atoms with van der Waals surface area (Å²) in [7, 11) is 0. The highest BCUT2D eigenvalue weighted by molar-refractivity contribution is 7.09. The van der Waals surface area contributed by atoms with E-state index in [0.717, 1.165) is 6.54 Å². The van der Waals surface area contributed by atoms with Crippen LogP contribution < -0.4 is 5.32 Å². The number of hydrogen-bond donors (Lipinski definition) is 1. The van der Waals surface area contributed by atoms with Crippen LogP contribution in [-0.2, 0) is 17.9 Å². The molecule has 1 N–H and O–H groups in total. The number of carbonyl (C=O) groups is 1. The lowest BCUT2D eigenvalue weighted by Crippen LogP contribution is -2.40. The fraction of sp³-hybridized carbons (Fsp3) is 0.353. The summed E-state index contributed by atoms with van der Waals surface area (Å²) in [6.45, 7) is 6.08. The maximum atomic E-state index is 12.1. The normalized spacial score (nSPS) is 11.0. The Bertz CT molecular complexity index is 537. The molecule has 2 rings (SSSR count). The van der Waals surface area contributed by atoms with Crippen molar-refractivity contribution < 1.29 is 4.79 Å². The van der Waals surface area contributed by atoms with Crippen LogP contribution in [-0.4, -0.2) is 23.4 Å². The van der Waals surface area contributed by atoms with Crippen LogP contribution in [0.5, 0.6) is 0 Å². The minimum atomic E-state index is 0.0769. The third-order valence-corrected chi connectivity index (χ3v) is 4.22. The Balaban J connectivity index is 1.85. The zero-order valence-corrected chi connectivity index (χ0v) is 13.4. The molecular weight excluding hydrogens is 280 g/mol. The van der Waals surface area contributed by atoms with E-state index in [1.807, 2.05) is 35.7 Å². The second-order valence-corrected chi connectivity index (χ2v) is 6.37. The van der Waals surface area contributed by atoms with Gasteiger partial charge in [-0.3, -0.25) is 9.69 Å². The molecule has 0 spiro atoms. The highest BCUT2D eigenvalue weighted by Crippen LogP contribution is 2.09. The smallest absolute Gasteiger partial charge is 0.234 e. The van der Waals surface area contributed by atoms with Crippen molar-refractivity contribution in [3.8, 4) is 0 Å². The maximum absolute atomic E-state index is 12.1. The third kappa shape index (κ3) is 5.33. The topological polar surface area (TPSA) is 32.3 Å². The van der Waals surface area contributed by atoms with Gasteiger partial charge in [0.15, 0.2) is 0 Å². The molecule has 1 heterocycles. The number of amides is 1. The zero-order valence-electron chi connectivity index (χ0n) is 12.6. The van der Waals surface area contributed by atoms with E-state index in [1.54, 1.807) is 11.3 Å². The summed E-state index contributed by atoms with van der Waals surface area (Å²) in [6.07, 6.45) is 0. The summed E-state index contributed by atoms with van der Waals surface area (Å²) in [5, 5.41) is 5.01. The Morgan fingerprint density at radius 2 is 1.95 bits per heavy atom. The fourth-order valence-electron chi connectivity index (χ4n) is 2.08. The van der Waals surface area contributed by atoms with E-state index in [2.05, 4.69) is 36.2 Å². The molecule has 0 saturated carbocycles. The van der Waals surface area contributed by atoms with Crippen LogP contribution in [0.2, 0.25) is 0 Å². The monoisotopic (exact) mass is 302 g/mol. The second-order valence-electron chi connectivity index (χ2n) is 5.34. The minimum Gasteiger partial charge on any atom is -0.350 e. The number of hydrogen-bond acceptors (Lipinski definition) is 3. The molecule has 0 aliphatic rings. The lowest BCUT2D eigenvalue weighted by molar-refractivity contribution is -0.123. The molecular formula is C17H22N2OS. The molecule has 0 atom stereocenters. The van der Waals surface area contributed by atoms with E-state index in [1.165, 1.54) is 10.4 Å². The van der Waals surface area contributed by atoms with Crippen LogP contribution in [0.4, 0.5) is 0 Å². The number of nitrogens with zero attached hydrogens (tertiary/aromatic N) is 1. The van der Waals surface area contributed by atoms with Crippen LogP contribution in [0.1, 0.15) is 24.3 Å². The van der Waals surface area contributed by atoms with Gasteiger partial charge < -0.3 is 5.32 Å². The van der Waals surface area contributed by atoms with E-state index in [-0.39, 0.29) is 5.91 Å². The molecule has 4 heteroatoms. The van der Waals surface area contributed by atoms with Gasteiger partial charge in [-0.05, 0) is 30.9 Å². The molecule has 1 amide bonds. The zero-order chi connectivity index (χ0) is 15.1. The van der Waals surface area contributed by atoms with Gasteiger partial charge in [-0.15, -0.1) is 11.3 Å². The molecule has 0 aliphatic heterocycles. The summed E-state index contributed by atoms with van der Waals surface area (Å²) in [5.41, 5.74) is 1.23. The van der Waals surface area contributed by atoms with Crippen molar-refractivity contribution in [2.24, 2.45) is 0 Å². The Morgan fingerprint density at radius 1 is 1.19 bits per heavy atom. The van der Waals surface area contributed by atoms with Gasteiger partial charge in [0, 0.05) is 17.5 Å². The Kier molecular flexibility index (Phi) is 5.96. The van der Waals surface area contributed by atoms with E-state index in [9.17, 15) is 4.79 Å². The number of rotatable bonds is 7. The van der Waals surface area contributed by atoms with Gasteiger partial charge in [0.2, 0.25) is 5.91 Å². The number of nitrogens with one attached hydrogen (secondary N) is 1. The standard InChI is InChI=1S/C17H22N2OS/c1-14(2)19(12-15-7-4-3-5-8-15)13-17(20)18-11-16-9-6-10-21-16/h3-10,14H,11-13H2,1-2H3,(H,18,20). The van der Waals surface area contributed by atoms with Gasteiger partial charge in [-0.25, -0.2) is 0 Å². The highest BCUT2D eigenvalue weighted by Gasteiger charge is 2.14. The first-order valence-electron chi connectivity index (χ1n) is 7.22. The van der Waals surface area contributed by atoms with Gasteiger partial charge in [-0.1, -0.05) is 36.4 Å². The van der Waals surface area contributed by atoms with Crippen molar-refractivity contribution in [2.45, 2.75) is 33.0 Å².